The maximum absolute atomic E-state index is 5.94. The summed E-state index contributed by atoms with van der Waals surface area (Å²) in [5.41, 5.74) is 8.21. The van der Waals surface area contributed by atoms with Gasteiger partial charge in [0.2, 0.25) is 0 Å². The van der Waals surface area contributed by atoms with Gasteiger partial charge in [-0.05, 0) is 49.9 Å². The summed E-state index contributed by atoms with van der Waals surface area (Å²) in [6, 6.07) is 6.59. The molecule has 0 fully saturated rings. The van der Waals surface area contributed by atoms with Gasteiger partial charge >= 0.3 is 0 Å². The summed E-state index contributed by atoms with van der Waals surface area (Å²) in [7, 11) is 0. The Morgan fingerprint density at radius 3 is 2.84 bits per heavy atom. The zero-order valence-corrected chi connectivity index (χ0v) is 12.4. The van der Waals surface area contributed by atoms with Crippen LogP contribution in [0.25, 0.3) is 0 Å². The number of anilines is 1. The summed E-state index contributed by atoms with van der Waals surface area (Å²) >= 11 is 0. The van der Waals surface area contributed by atoms with Crippen LogP contribution in [0.4, 0.5) is 5.69 Å². The molecule has 1 atom stereocenters. The van der Waals surface area contributed by atoms with Crippen molar-refractivity contribution in [3.05, 3.63) is 23.8 Å². The highest BCUT2D eigenvalue weighted by Crippen LogP contribution is 2.36. The highest BCUT2D eigenvalue weighted by atomic mass is 16.5. The van der Waals surface area contributed by atoms with Crippen LogP contribution >= 0.6 is 0 Å². The minimum Gasteiger partial charge on any atom is -0.487 e. The van der Waals surface area contributed by atoms with Gasteiger partial charge in [-0.1, -0.05) is 19.9 Å². The van der Waals surface area contributed by atoms with E-state index in [2.05, 4.69) is 43.9 Å². The normalized spacial score (nSPS) is 18.4. The van der Waals surface area contributed by atoms with Crippen LogP contribution in [0.5, 0.6) is 5.75 Å². The molecule has 1 unspecified atom stereocenters. The first kappa shape index (κ1) is 14.2. The van der Waals surface area contributed by atoms with Gasteiger partial charge in [0, 0.05) is 6.54 Å². The third-order valence-electron chi connectivity index (χ3n) is 3.68. The minimum atomic E-state index is 0.260. The molecule has 0 radical (unpaired) electrons. The number of rotatable bonds is 5. The van der Waals surface area contributed by atoms with Crippen molar-refractivity contribution >= 4 is 5.69 Å². The fourth-order valence-corrected chi connectivity index (χ4v) is 2.56. The number of ether oxygens (including phenoxy) is 1. The van der Waals surface area contributed by atoms with Crippen LogP contribution in [0.2, 0.25) is 0 Å². The molecule has 0 spiro atoms. The molecule has 2 rings (SSSR count). The fraction of sp³-hybridized carbons (Fsp3) is 0.625. The van der Waals surface area contributed by atoms with Gasteiger partial charge in [-0.25, -0.2) is 0 Å². The molecule has 0 aromatic heterocycles. The Labute approximate surface area is 116 Å². The lowest BCUT2D eigenvalue weighted by molar-refractivity contribution is 0.212. The van der Waals surface area contributed by atoms with Crippen LogP contribution in [-0.2, 0) is 0 Å². The van der Waals surface area contributed by atoms with E-state index in [9.17, 15) is 0 Å². The smallest absolute Gasteiger partial charge is 0.143 e. The molecule has 0 saturated heterocycles. The third kappa shape index (κ3) is 3.41. The van der Waals surface area contributed by atoms with Crippen molar-refractivity contribution < 1.29 is 4.74 Å². The molecule has 1 aliphatic rings. The molecule has 1 heterocycles. The second-order valence-electron chi connectivity index (χ2n) is 5.75. The maximum atomic E-state index is 5.94. The Morgan fingerprint density at radius 1 is 1.37 bits per heavy atom. The Kier molecular flexibility index (Phi) is 4.70. The number of benzene rings is 1. The molecule has 0 bridgehead atoms. The highest BCUT2D eigenvalue weighted by Gasteiger charge is 2.23. The maximum Gasteiger partial charge on any atom is 0.143 e. The van der Waals surface area contributed by atoms with Gasteiger partial charge in [0.15, 0.2) is 0 Å². The van der Waals surface area contributed by atoms with Crippen molar-refractivity contribution in [1.82, 2.24) is 0 Å². The molecule has 0 amide bonds. The van der Waals surface area contributed by atoms with Crippen molar-refractivity contribution in [1.29, 1.82) is 0 Å². The first-order valence-corrected chi connectivity index (χ1v) is 7.37. The molecule has 3 nitrogen and oxygen atoms in total. The van der Waals surface area contributed by atoms with Gasteiger partial charge in [-0.3, -0.25) is 0 Å². The van der Waals surface area contributed by atoms with E-state index in [1.165, 1.54) is 11.3 Å². The van der Waals surface area contributed by atoms with E-state index in [1.54, 1.807) is 0 Å². The largest absolute Gasteiger partial charge is 0.487 e. The second kappa shape index (κ2) is 6.29. The number of hydrogen-bond donors (Lipinski definition) is 1. The zero-order valence-electron chi connectivity index (χ0n) is 12.4. The van der Waals surface area contributed by atoms with Crippen LogP contribution in [0, 0.1) is 0 Å². The Hall–Kier alpha value is -1.22. The fourth-order valence-electron chi connectivity index (χ4n) is 2.56. The highest BCUT2D eigenvalue weighted by molar-refractivity contribution is 5.62. The second-order valence-corrected chi connectivity index (χ2v) is 5.75. The average molecular weight is 262 g/mol. The zero-order chi connectivity index (χ0) is 13.8. The van der Waals surface area contributed by atoms with Gasteiger partial charge in [-0.2, -0.15) is 0 Å². The average Bonchev–Trinajstić information content (AvgIpc) is 2.38. The van der Waals surface area contributed by atoms with Crippen molar-refractivity contribution in [3.8, 4) is 5.75 Å². The van der Waals surface area contributed by atoms with E-state index in [0.29, 0.717) is 5.92 Å². The molecular weight excluding hydrogens is 236 g/mol. The summed E-state index contributed by atoms with van der Waals surface area (Å²) in [6.07, 6.45) is 2.50. The Balaban J connectivity index is 2.20. The number of hydrogen-bond acceptors (Lipinski definition) is 3. The molecule has 2 N–H and O–H groups in total. The van der Waals surface area contributed by atoms with Crippen LogP contribution in [-0.4, -0.2) is 25.7 Å². The summed E-state index contributed by atoms with van der Waals surface area (Å²) < 4.78 is 5.94. The summed E-state index contributed by atoms with van der Waals surface area (Å²) in [5, 5.41) is 0. The summed E-state index contributed by atoms with van der Waals surface area (Å²) in [4.78, 5) is 2.45. The number of fused-ring (bicyclic) bond motifs is 1. The van der Waals surface area contributed by atoms with Gasteiger partial charge in [0.1, 0.15) is 11.9 Å². The van der Waals surface area contributed by atoms with Gasteiger partial charge < -0.3 is 15.4 Å². The predicted octanol–water partition coefficient (Wildman–Crippen LogP) is 3.14. The molecule has 1 aromatic rings. The quantitative estimate of drug-likeness (QED) is 0.829. The van der Waals surface area contributed by atoms with E-state index in [0.717, 1.165) is 38.2 Å². The standard InChI is InChI=1S/C16H26N2O/c1-12(2)14-6-7-16-15(10-14)18(9-5-4-8-17)11-13(3)19-16/h6-7,10,12-13H,4-5,8-9,11,17H2,1-3H3. The topological polar surface area (TPSA) is 38.5 Å². The van der Waals surface area contributed by atoms with E-state index < -0.39 is 0 Å². The molecule has 1 aromatic carbocycles. The predicted molar refractivity (Wildman–Crippen MR) is 81.1 cm³/mol. The number of nitrogens with zero attached hydrogens (tertiary/aromatic N) is 1. The first-order chi connectivity index (χ1) is 9.11. The lowest BCUT2D eigenvalue weighted by Gasteiger charge is -2.35. The van der Waals surface area contributed by atoms with Crippen molar-refractivity contribution in [3.63, 3.8) is 0 Å². The van der Waals surface area contributed by atoms with Crippen molar-refractivity contribution in [2.24, 2.45) is 5.73 Å². The molecule has 19 heavy (non-hydrogen) atoms. The van der Waals surface area contributed by atoms with Crippen molar-refractivity contribution in [2.75, 3.05) is 24.5 Å². The van der Waals surface area contributed by atoms with Crippen LogP contribution < -0.4 is 15.4 Å². The van der Waals surface area contributed by atoms with E-state index in [4.69, 9.17) is 10.5 Å². The number of nitrogens with two attached hydrogens (primary N) is 1. The lowest BCUT2D eigenvalue weighted by atomic mass is 10.0. The van der Waals surface area contributed by atoms with E-state index in [-0.39, 0.29) is 6.10 Å². The molecule has 106 valence electrons. The van der Waals surface area contributed by atoms with Gasteiger partial charge in [0.05, 0.1) is 12.2 Å². The Morgan fingerprint density at radius 2 is 2.16 bits per heavy atom. The SMILES string of the molecule is CC1CN(CCCCN)c2cc(C(C)C)ccc2O1. The van der Waals surface area contributed by atoms with Crippen LogP contribution in [0.3, 0.4) is 0 Å². The van der Waals surface area contributed by atoms with E-state index in [1.807, 2.05) is 0 Å². The first-order valence-electron chi connectivity index (χ1n) is 7.37. The minimum absolute atomic E-state index is 0.260. The summed E-state index contributed by atoms with van der Waals surface area (Å²) in [6.45, 7) is 9.41. The molecular formula is C16H26N2O. The van der Waals surface area contributed by atoms with Gasteiger partial charge in [-0.15, -0.1) is 0 Å². The van der Waals surface area contributed by atoms with E-state index >= 15 is 0 Å². The molecule has 3 heteroatoms. The third-order valence-corrected chi connectivity index (χ3v) is 3.68. The van der Waals surface area contributed by atoms with Gasteiger partial charge in [0.25, 0.3) is 0 Å². The number of unbranched alkanes of at least 4 members (excludes halogenated alkanes) is 1. The van der Waals surface area contributed by atoms with Crippen molar-refractivity contribution in [2.45, 2.75) is 45.6 Å². The van der Waals surface area contributed by atoms with Crippen LogP contribution in [0.15, 0.2) is 18.2 Å². The molecule has 0 saturated carbocycles. The monoisotopic (exact) mass is 262 g/mol. The molecule has 1 aliphatic heterocycles. The molecule has 0 aliphatic carbocycles. The summed E-state index contributed by atoms with van der Waals surface area (Å²) in [5.74, 6) is 1.58. The van der Waals surface area contributed by atoms with Crippen LogP contribution in [0.1, 0.15) is 45.1 Å². The Bertz CT molecular complexity index is 417. The lowest BCUT2D eigenvalue weighted by Crippen LogP contribution is -2.39.